The van der Waals surface area contributed by atoms with Crippen LogP contribution in [0.1, 0.15) is 17.3 Å². The van der Waals surface area contributed by atoms with Gasteiger partial charge in [-0.25, -0.2) is 9.78 Å². The number of carbonyl (C=O) groups is 2. The summed E-state index contributed by atoms with van der Waals surface area (Å²) in [4.78, 5) is 28.2. The van der Waals surface area contributed by atoms with Gasteiger partial charge in [0.2, 0.25) is 0 Å². The van der Waals surface area contributed by atoms with Gasteiger partial charge in [0.25, 0.3) is 5.91 Å². The molecule has 2 aromatic rings. The monoisotopic (exact) mass is 302 g/mol. The molecular formula is C15H14N2O3S. The summed E-state index contributed by atoms with van der Waals surface area (Å²) in [6.45, 7) is 1.43. The molecule has 0 aliphatic heterocycles. The molecule has 108 valence electrons. The summed E-state index contributed by atoms with van der Waals surface area (Å²) in [6, 6.07) is 12.8. The predicted octanol–water partition coefficient (Wildman–Crippen LogP) is 2.26. The van der Waals surface area contributed by atoms with Crippen LogP contribution in [0.5, 0.6) is 0 Å². The standard InChI is InChI=1S/C15H14N2O3S/c1-10(13(16)18)20-15(19)12-8-5-9-17-14(12)21-11-6-3-2-4-7-11/h2-10H,1H3,(H2,16,18). The average Bonchev–Trinajstić information content (AvgIpc) is 2.48. The summed E-state index contributed by atoms with van der Waals surface area (Å²) in [5.74, 6) is -1.31. The fourth-order valence-electron chi connectivity index (χ4n) is 1.51. The molecular weight excluding hydrogens is 288 g/mol. The Kier molecular flexibility index (Phi) is 4.94. The number of carbonyl (C=O) groups excluding carboxylic acids is 2. The van der Waals surface area contributed by atoms with Crippen LogP contribution in [0.2, 0.25) is 0 Å². The molecule has 0 aliphatic carbocycles. The maximum absolute atomic E-state index is 12.1. The molecule has 0 spiro atoms. The second-order valence-corrected chi connectivity index (χ2v) is 5.28. The van der Waals surface area contributed by atoms with Crippen molar-refractivity contribution in [1.82, 2.24) is 4.98 Å². The van der Waals surface area contributed by atoms with Crippen molar-refractivity contribution in [3.63, 3.8) is 0 Å². The third-order valence-electron chi connectivity index (χ3n) is 2.63. The van der Waals surface area contributed by atoms with Crippen LogP contribution in [0.3, 0.4) is 0 Å². The van der Waals surface area contributed by atoms with Gasteiger partial charge in [0.05, 0.1) is 5.56 Å². The van der Waals surface area contributed by atoms with Gasteiger partial charge in [-0.05, 0) is 31.2 Å². The predicted molar refractivity (Wildman–Crippen MR) is 78.9 cm³/mol. The summed E-state index contributed by atoms with van der Waals surface area (Å²) in [5, 5.41) is 0.519. The summed E-state index contributed by atoms with van der Waals surface area (Å²) >= 11 is 1.35. The average molecular weight is 302 g/mol. The van der Waals surface area contributed by atoms with Crippen LogP contribution in [-0.2, 0) is 9.53 Å². The Bertz CT molecular complexity index is 646. The molecule has 21 heavy (non-hydrogen) atoms. The van der Waals surface area contributed by atoms with Crippen molar-refractivity contribution in [2.45, 2.75) is 22.9 Å². The van der Waals surface area contributed by atoms with Crippen LogP contribution in [0.4, 0.5) is 0 Å². The zero-order chi connectivity index (χ0) is 15.2. The fraction of sp³-hybridized carbons (Fsp3) is 0.133. The molecule has 1 atom stereocenters. The number of hydrogen-bond acceptors (Lipinski definition) is 5. The Morgan fingerprint density at radius 1 is 1.19 bits per heavy atom. The highest BCUT2D eigenvalue weighted by atomic mass is 32.2. The summed E-state index contributed by atoms with van der Waals surface area (Å²) in [7, 11) is 0. The topological polar surface area (TPSA) is 82.3 Å². The molecule has 0 saturated carbocycles. The van der Waals surface area contributed by atoms with E-state index in [0.29, 0.717) is 10.6 Å². The largest absolute Gasteiger partial charge is 0.449 e. The second-order valence-electron chi connectivity index (χ2n) is 4.22. The molecule has 1 aromatic heterocycles. The van der Waals surface area contributed by atoms with E-state index >= 15 is 0 Å². The van der Waals surface area contributed by atoms with Crippen molar-refractivity contribution in [2.24, 2.45) is 5.73 Å². The SMILES string of the molecule is CC(OC(=O)c1cccnc1Sc1ccccc1)C(N)=O. The zero-order valence-electron chi connectivity index (χ0n) is 11.4. The zero-order valence-corrected chi connectivity index (χ0v) is 12.2. The normalized spacial score (nSPS) is 11.7. The molecule has 0 aliphatic rings. The molecule has 0 saturated heterocycles. The van der Waals surface area contributed by atoms with Gasteiger partial charge in [-0.15, -0.1) is 0 Å². The molecule has 1 amide bonds. The molecule has 1 unspecified atom stereocenters. The van der Waals surface area contributed by atoms with Crippen molar-refractivity contribution >= 4 is 23.6 Å². The van der Waals surface area contributed by atoms with Gasteiger partial charge < -0.3 is 10.5 Å². The lowest BCUT2D eigenvalue weighted by Crippen LogP contribution is -2.30. The number of nitrogens with zero attached hydrogens (tertiary/aromatic N) is 1. The van der Waals surface area contributed by atoms with E-state index < -0.39 is 18.0 Å². The van der Waals surface area contributed by atoms with Crippen LogP contribution in [0.15, 0.2) is 58.6 Å². The van der Waals surface area contributed by atoms with Gasteiger partial charge in [0, 0.05) is 11.1 Å². The van der Waals surface area contributed by atoms with Gasteiger partial charge in [-0.2, -0.15) is 0 Å². The number of aromatic nitrogens is 1. The van der Waals surface area contributed by atoms with Crippen molar-refractivity contribution in [1.29, 1.82) is 0 Å². The number of amides is 1. The highest BCUT2D eigenvalue weighted by molar-refractivity contribution is 7.99. The number of rotatable bonds is 5. The van der Waals surface area contributed by atoms with E-state index in [9.17, 15) is 9.59 Å². The van der Waals surface area contributed by atoms with Crippen molar-refractivity contribution < 1.29 is 14.3 Å². The number of benzene rings is 1. The molecule has 0 fully saturated rings. The Labute approximate surface area is 126 Å². The Morgan fingerprint density at radius 3 is 2.57 bits per heavy atom. The first-order valence-corrected chi connectivity index (χ1v) is 7.08. The van der Waals surface area contributed by atoms with Crippen LogP contribution in [0.25, 0.3) is 0 Å². The van der Waals surface area contributed by atoms with E-state index in [4.69, 9.17) is 10.5 Å². The first-order chi connectivity index (χ1) is 10.1. The lowest BCUT2D eigenvalue weighted by atomic mass is 10.3. The third-order valence-corrected chi connectivity index (χ3v) is 3.66. The van der Waals surface area contributed by atoms with Crippen molar-refractivity contribution in [3.8, 4) is 0 Å². The molecule has 0 bridgehead atoms. The minimum Gasteiger partial charge on any atom is -0.449 e. The minimum atomic E-state index is -0.979. The van der Waals surface area contributed by atoms with E-state index in [1.807, 2.05) is 30.3 Å². The van der Waals surface area contributed by atoms with Crippen LogP contribution >= 0.6 is 11.8 Å². The van der Waals surface area contributed by atoms with Gasteiger partial charge in [-0.3, -0.25) is 4.79 Å². The fourth-order valence-corrected chi connectivity index (χ4v) is 2.40. The third kappa shape index (κ3) is 4.06. The van der Waals surface area contributed by atoms with Crippen molar-refractivity contribution in [2.75, 3.05) is 0 Å². The van der Waals surface area contributed by atoms with Crippen LogP contribution < -0.4 is 5.73 Å². The lowest BCUT2D eigenvalue weighted by molar-refractivity contribution is -0.125. The summed E-state index contributed by atoms with van der Waals surface area (Å²) in [5.41, 5.74) is 5.39. The quantitative estimate of drug-likeness (QED) is 0.857. The first kappa shape index (κ1) is 15.1. The Morgan fingerprint density at radius 2 is 1.90 bits per heavy atom. The lowest BCUT2D eigenvalue weighted by Gasteiger charge is -2.11. The summed E-state index contributed by atoms with van der Waals surface area (Å²) in [6.07, 6.45) is 0.617. The molecule has 1 heterocycles. The highest BCUT2D eigenvalue weighted by Crippen LogP contribution is 2.28. The number of nitrogens with two attached hydrogens (primary N) is 1. The van der Waals surface area contributed by atoms with Crippen molar-refractivity contribution in [3.05, 3.63) is 54.2 Å². The van der Waals surface area contributed by atoms with E-state index in [-0.39, 0.29) is 0 Å². The van der Waals surface area contributed by atoms with E-state index in [0.717, 1.165) is 4.90 Å². The Balaban J connectivity index is 2.20. The number of ether oxygens (including phenoxy) is 1. The maximum atomic E-state index is 12.1. The van der Waals surface area contributed by atoms with E-state index in [2.05, 4.69) is 4.98 Å². The summed E-state index contributed by atoms with van der Waals surface area (Å²) < 4.78 is 5.01. The van der Waals surface area contributed by atoms with E-state index in [1.54, 1.807) is 18.3 Å². The van der Waals surface area contributed by atoms with Gasteiger partial charge in [0.1, 0.15) is 5.03 Å². The second kappa shape index (κ2) is 6.90. The highest BCUT2D eigenvalue weighted by Gasteiger charge is 2.19. The molecule has 0 radical (unpaired) electrons. The number of primary amides is 1. The maximum Gasteiger partial charge on any atom is 0.341 e. The molecule has 6 heteroatoms. The van der Waals surface area contributed by atoms with E-state index in [1.165, 1.54) is 18.7 Å². The number of esters is 1. The molecule has 1 aromatic carbocycles. The van der Waals surface area contributed by atoms with Crippen LogP contribution in [0, 0.1) is 0 Å². The number of pyridine rings is 1. The van der Waals surface area contributed by atoms with Gasteiger partial charge >= 0.3 is 5.97 Å². The molecule has 2 N–H and O–H groups in total. The smallest absolute Gasteiger partial charge is 0.341 e. The minimum absolute atomic E-state index is 0.305. The number of hydrogen-bond donors (Lipinski definition) is 1. The Hall–Kier alpha value is -2.34. The molecule has 5 nitrogen and oxygen atoms in total. The molecule has 2 rings (SSSR count). The van der Waals surface area contributed by atoms with Crippen LogP contribution in [-0.4, -0.2) is 23.0 Å². The van der Waals surface area contributed by atoms with Gasteiger partial charge in [0.15, 0.2) is 6.10 Å². The van der Waals surface area contributed by atoms with Gasteiger partial charge in [-0.1, -0.05) is 30.0 Å². The first-order valence-electron chi connectivity index (χ1n) is 6.26.